The molecule has 0 spiro atoms. The van der Waals surface area contributed by atoms with Crippen LogP contribution in [0.2, 0.25) is 0 Å². The molecule has 0 radical (unpaired) electrons. The SMILES string of the molecule is O=C1N=C(c2c(-c3[nH]c(=O)c4ccc(Br)cc4c3O)c(O)c3ccccc3c2O)C(=O)c2cc(Br)ccc21. The molecule has 1 amide bonds. The molecule has 8 nitrogen and oxygen atoms in total. The van der Waals surface area contributed by atoms with Crippen LogP contribution in [-0.4, -0.2) is 37.7 Å². The number of pyridine rings is 1. The average Bonchev–Trinajstić information content (AvgIpc) is 2.90. The van der Waals surface area contributed by atoms with Gasteiger partial charge in [0, 0.05) is 30.7 Å². The number of Topliss-reactive ketones (excluding diaryl/α,β-unsaturated/α-hetero) is 1. The van der Waals surface area contributed by atoms with E-state index in [4.69, 9.17) is 0 Å². The lowest BCUT2D eigenvalue weighted by Crippen LogP contribution is -2.26. The summed E-state index contributed by atoms with van der Waals surface area (Å²) in [6.45, 7) is 0. The summed E-state index contributed by atoms with van der Waals surface area (Å²) < 4.78 is 1.13. The molecule has 1 aliphatic rings. The maximum Gasteiger partial charge on any atom is 0.278 e. The van der Waals surface area contributed by atoms with Gasteiger partial charge >= 0.3 is 0 Å². The van der Waals surface area contributed by atoms with Crippen LogP contribution in [-0.2, 0) is 0 Å². The molecule has 38 heavy (non-hydrogen) atoms. The molecule has 0 fully saturated rings. The number of H-pyrrole nitrogens is 1. The number of phenols is 2. The summed E-state index contributed by atoms with van der Waals surface area (Å²) in [5.74, 6) is -2.71. The van der Waals surface area contributed by atoms with Gasteiger partial charge in [-0.05, 0) is 36.4 Å². The van der Waals surface area contributed by atoms with Gasteiger partial charge in [0.1, 0.15) is 23.0 Å². The number of hydrogen-bond donors (Lipinski definition) is 4. The zero-order chi connectivity index (χ0) is 26.9. The maximum atomic E-state index is 13.7. The first-order chi connectivity index (χ1) is 18.2. The number of amides is 1. The molecule has 0 bridgehead atoms. The van der Waals surface area contributed by atoms with Gasteiger partial charge in [-0.2, -0.15) is 0 Å². The normalized spacial score (nSPS) is 13.2. The minimum atomic E-state index is -0.722. The smallest absolute Gasteiger partial charge is 0.278 e. The molecule has 4 aromatic carbocycles. The summed E-state index contributed by atoms with van der Waals surface area (Å²) in [5, 5.41) is 34.9. The second-order valence-corrected chi connectivity index (χ2v) is 10.5. The molecule has 2 heterocycles. The van der Waals surface area contributed by atoms with E-state index in [0.717, 1.165) is 0 Å². The summed E-state index contributed by atoms with van der Waals surface area (Å²) in [5.41, 5.74) is -1.70. The number of carbonyl (C=O) groups excluding carboxylic acids is 2. The predicted octanol–water partition coefficient (Wildman–Crippen LogP) is 5.82. The van der Waals surface area contributed by atoms with Gasteiger partial charge in [-0.25, -0.2) is 4.99 Å². The molecule has 6 rings (SSSR count). The predicted molar refractivity (Wildman–Crippen MR) is 150 cm³/mol. The topological polar surface area (TPSA) is 140 Å². The third-order valence-electron chi connectivity index (χ3n) is 6.49. The minimum absolute atomic E-state index is 0.0486. The Bertz CT molecular complexity index is 1990. The van der Waals surface area contributed by atoms with Crippen LogP contribution >= 0.6 is 31.9 Å². The number of halogens is 2. The summed E-state index contributed by atoms with van der Waals surface area (Å²) in [6.07, 6.45) is 0. The average molecular weight is 634 g/mol. The number of nitrogens with zero attached hydrogens (tertiary/aromatic N) is 1. The number of ketones is 1. The van der Waals surface area contributed by atoms with Crippen molar-refractivity contribution in [1.29, 1.82) is 0 Å². The molecule has 0 unspecified atom stereocenters. The molecule has 10 heteroatoms. The Kier molecular flexibility index (Phi) is 5.48. The van der Waals surface area contributed by atoms with Gasteiger partial charge in [0.05, 0.1) is 27.8 Å². The van der Waals surface area contributed by atoms with Gasteiger partial charge in [-0.1, -0.05) is 56.1 Å². The maximum absolute atomic E-state index is 13.7. The monoisotopic (exact) mass is 632 g/mol. The largest absolute Gasteiger partial charge is 0.507 e. The fourth-order valence-corrected chi connectivity index (χ4v) is 5.46. The molecule has 1 aromatic heterocycles. The van der Waals surface area contributed by atoms with E-state index in [-0.39, 0.29) is 49.5 Å². The van der Waals surface area contributed by atoms with Crippen LogP contribution in [0.15, 0.2) is 79.4 Å². The highest BCUT2D eigenvalue weighted by Gasteiger charge is 2.35. The van der Waals surface area contributed by atoms with Crippen molar-refractivity contribution in [3.8, 4) is 28.5 Å². The number of hydrogen-bond acceptors (Lipinski definition) is 6. The second kappa shape index (κ2) is 8.64. The van der Waals surface area contributed by atoms with Gasteiger partial charge in [-0.3, -0.25) is 14.4 Å². The van der Waals surface area contributed by atoms with E-state index in [1.807, 2.05) is 0 Å². The molecule has 4 N–H and O–H groups in total. The molecule has 0 saturated heterocycles. The zero-order valence-corrected chi connectivity index (χ0v) is 22.2. The second-order valence-electron chi connectivity index (χ2n) is 8.65. The number of phenolic OH excluding ortho intramolecular Hbond substituents is 2. The van der Waals surface area contributed by atoms with Crippen molar-refractivity contribution in [1.82, 2.24) is 4.98 Å². The number of nitrogens with one attached hydrogen (secondary N) is 1. The van der Waals surface area contributed by atoms with Crippen molar-refractivity contribution in [2.24, 2.45) is 4.99 Å². The van der Waals surface area contributed by atoms with Crippen molar-refractivity contribution in [3.05, 3.63) is 96.7 Å². The Morgan fingerprint density at radius 1 is 0.658 bits per heavy atom. The van der Waals surface area contributed by atoms with Gasteiger partial charge in [-0.15, -0.1) is 0 Å². The Labute approximate surface area is 230 Å². The first-order valence-electron chi connectivity index (χ1n) is 11.2. The fourth-order valence-electron chi connectivity index (χ4n) is 4.74. The zero-order valence-electron chi connectivity index (χ0n) is 19.0. The number of carbonyl (C=O) groups is 2. The molecular formula is C28H14Br2N2O6. The van der Waals surface area contributed by atoms with Gasteiger partial charge in [0.25, 0.3) is 11.5 Å². The van der Waals surface area contributed by atoms with E-state index in [0.29, 0.717) is 8.95 Å². The summed E-state index contributed by atoms with van der Waals surface area (Å²) >= 11 is 6.63. The van der Waals surface area contributed by atoms with E-state index >= 15 is 0 Å². The standard InChI is InChI=1S/C28H14Br2N2O6/c29-11-5-7-15-17(9-11)25(35)21(31-27(15)37)19-20(24(34)14-4-2-1-3-13(14)23(19)33)22-26(36)18-10-12(30)6-8-16(18)28(38)32-22/h1-10,33-35H,(H,31,37). The highest BCUT2D eigenvalue weighted by atomic mass is 79.9. The number of aromatic amines is 1. The van der Waals surface area contributed by atoms with Crippen molar-refractivity contribution >= 4 is 70.8 Å². The lowest BCUT2D eigenvalue weighted by Gasteiger charge is -2.21. The van der Waals surface area contributed by atoms with E-state index in [1.165, 1.54) is 36.4 Å². The number of aliphatic imine (C=N–C) groups is 1. The van der Waals surface area contributed by atoms with Crippen molar-refractivity contribution < 1.29 is 24.9 Å². The number of rotatable bonds is 2. The van der Waals surface area contributed by atoms with Crippen LogP contribution < -0.4 is 5.56 Å². The van der Waals surface area contributed by atoms with E-state index in [1.54, 1.807) is 24.3 Å². The Hall–Kier alpha value is -4.28. The van der Waals surface area contributed by atoms with E-state index in [9.17, 15) is 29.7 Å². The highest BCUT2D eigenvalue weighted by Crippen LogP contribution is 2.48. The Morgan fingerprint density at radius 2 is 1.29 bits per heavy atom. The van der Waals surface area contributed by atoms with Gasteiger partial charge < -0.3 is 20.3 Å². The lowest BCUT2D eigenvalue weighted by molar-refractivity contribution is 0.0974. The van der Waals surface area contributed by atoms with Crippen molar-refractivity contribution in [3.63, 3.8) is 0 Å². The van der Waals surface area contributed by atoms with E-state index in [2.05, 4.69) is 41.8 Å². The molecule has 1 aliphatic heterocycles. The Morgan fingerprint density at radius 3 is 2.00 bits per heavy atom. The molecular weight excluding hydrogens is 620 g/mol. The highest BCUT2D eigenvalue weighted by molar-refractivity contribution is 9.10. The molecule has 5 aromatic rings. The minimum Gasteiger partial charge on any atom is -0.507 e. The number of aromatic nitrogens is 1. The first-order valence-corrected chi connectivity index (χ1v) is 12.7. The third kappa shape index (κ3) is 3.48. The van der Waals surface area contributed by atoms with Gasteiger partial charge in [0.15, 0.2) is 0 Å². The molecule has 0 aliphatic carbocycles. The molecule has 0 saturated carbocycles. The first kappa shape index (κ1) is 24.1. The number of fused-ring (bicyclic) bond motifs is 3. The summed E-state index contributed by atoms with van der Waals surface area (Å²) in [4.78, 5) is 46.2. The van der Waals surface area contributed by atoms with Gasteiger partial charge in [0.2, 0.25) is 5.78 Å². The van der Waals surface area contributed by atoms with Crippen molar-refractivity contribution in [2.45, 2.75) is 0 Å². The fraction of sp³-hybridized carbons (Fsp3) is 0. The number of benzene rings is 4. The van der Waals surface area contributed by atoms with Crippen LogP contribution in [0.3, 0.4) is 0 Å². The van der Waals surface area contributed by atoms with Crippen LogP contribution in [0.25, 0.3) is 32.8 Å². The molecule has 0 atom stereocenters. The lowest BCUT2D eigenvalue weighted by atomic mass is 9.86. The van der Waals surface area contributed by atoms with Crippen LogP contribution in [0.5, 0.6) is 17.2 Å². The van der Waals surface area contributed by atoms with Crippen LogP contribution in [0.4, 0.5) is 0 Å². The quantitative estimate of drug-likeness (QED) is 0.181. The molecule has 186 valence electrons. The van der Waals surface area contributed by atoms with Crippen LogP contribution in [0.1, 0.15) is 26.3 Å². The third-order valence-corrected chi connectivity index (χ3v) is 7.48. The summed E-state index contributed by atoms with van der Waals surface area (Å²) in [6, 6.07) is 15.5. The van der Waals surface area contributed by atoms with Crippen LogP contribution in [0, 0.1) is 0 Å². The summed E-state index contributed by atoms with van der Waals surface area (Å²) in [7, 11) is 0. The van der Waals surface area contributed by atoms with E-state index < -0.39 is 40.2 Å². The van der Waals surface area contributed by atoms with Crippen molar-refractivity contribution in [2.75, 3.05) is 0 Å². The number of aromatic hydroxyl groups is 3. The Balaban J connectivity index is 1.76.